The van der Waals surface area contributed by atoms with Crippen molar-refractivity contribution in [2.24, 2.45) is 0 Å². The third kappa shape index (κ3) is 6.99. The number of carbonyl (C=O) groups is 2. The van der Waals surface area contributed by atoms with E-state index >= 15 is 0 Å². The molecule has 0 fully saturated rings. The van der Waals surface area contributed by atoms with Crippen molar-refractivity contribution in [3.8, 4) is 11.5 Å². The third-order valence-corrected chi connectivity index (χ3v) is 4.01. The van der Waals surface area contributed by atoms with Gasteiger partial charge in [-0.15, -0.1) is 0 Å². The van der Waals surface area contributed by atoms with Crippen LogP contribution in [0.1, 0.15) is 49.2 Å². The molecule has 2 aromatic rings. The summed E-state index contributed by atoms with van der Waals surface area (Å²) in [4.78, 5) is 23.8. The zero-order valence-electron chi connectivity index (χ0n) is 18.0. The van der Waals surface area contributed by atoms with Crippen LogP contribution in [0.15, 0.2) is 42.5 Å². The maximum absolute atomic E-state index is 11.9. The first-order chi connectivity index (χ1) is 14.1. The predicted octanol–water partition coefficient (Wildman–Crippen LogP) is 4.56. The van der Waals surface area contributed by atoms with E-state index in [2.05, 4.69) is 5.32 Å². The maximum atomic E-state index is 11.9. The maximum Gasteiger partial charge on any atom is 0.407 e. The van der Waals surface area contributed by atoms with Crippen LogP contribution in [0.5, 0.6) is 11.5 Å². The number of carboxylic acids is 1. The highest BCUT2D eigenvalue weighted by Crippen LogP contribution is 2.33. The minimum Gasteiger partial charge on any atom is -0.490 e. The van der Waals surface area contributed by atoms with E-state index in [1.807, 2.05) is 30.3 Å². The number of nitrogens with one attached hydrogen (secondary N) is 1. The molecule has 0 aliphatic heterocycles. The lowest BCUT2D eigenvalue weighted by molar-refractivity contribution is 0.0491. The number of hydrogen-bond acceptors (Lipinski definition) is 5. The predicted molar refractivity (Wildman–Crippen MR) is 113 cm³/mol. The van der Waals surface area contributed by atoms with Crippen molar-refractivity contribution in [1.29, 1.82) is 0 Å². The van der Waals surface area contributed by atoms with E-state index in [1.54, 1.807) is 46.8 Å². The SMILES string of the molecule is Cc1ccc(OCC(C)NC(=O)OC(C)(C)C)c(C(=O)O)c1OCc1ccccc1. The number of ether oxygens (including phenoxy) is 3. The fraction of sp³-hybridized carbons (Fsp3) is 0.391. The highest BCUT2D eigenvalue weighted by Gasteiger charge is 2.22. The van der Waals surface area contributed by atoms with Crippen LogP contribution in [0.2, 0.25) is 0 Å². The van der Waals surface area contributed by atoms with E-state index in [4.69, 9.17) is 14.2 Å². The van der Waals surface area contributed by atoms with Gasteiger partial charge < -0.3 is 24.6 Å². The van der Waals surface area contributed by atoms with Crippen LogP contribution in [0.3, 0.4) is 0 Å². The molecule has 0 heterocycles. The Kier molecular flexibility index (Phi) is 7.69. The first-order valence-electron chi connectivity index (χ1n) is 9.72. The average molecular weight is 415 g/mol. The quantitative estimate of drug-likeness (QED) is 0.656. The average Bonchev–Trinajstić information content (AvgIpc) is 2.64. The summed E-state index contributed by atoms with van der Waals surface area (Å²) >= 11 is 0. The van der Waals surface area contributed by atoms with Crippen LogP contribution in [0, 0.1) is 6.92 Å². The second-order valence-corrected chi connectivity index (χ2v) is 8.02. The first kappa shape index (κ1) is 23.1. The summed E-state index contributed by atoms with van der Waals surface area (Å²) in [5.41, 5.74) is 0.962. The molecule has 0 saturated heterocycles. The van der Waals surface area contributed by atoms with Crippen molar-refractivity contribution < 1.29 is 28.9 Å². The number of rotatable bonds is 8. The lowest BCUT2D eigenvalue weighted by atomic mass is 10.1. The number of alkyl carbamates (subject to hydrolysis) is 1. The normalized spacial score (nSPS) is 12.0. The molecule has 0 spiro atoms. The minimum atomic E-state index is -1.15. The van der Waals surface area contributed by atoms with Gasteiger partial charge in [0.05, 0.1) is 6.04 Å². The minimum absolute atomic E-state index is 0.0459. The molecule has 0 bridgehead atoms. The van der Waals surface area contributed by atoms with Gasteiger partial charge in [0, 0.05) is 0 Å². The van der Waals surface area contributed by atoms with Crippen molar-refractivity contribution in [1.82, 2.24) is 5.32 Å². The van der Waals surface area contributed by atoms with E-state index in [9.17, 15) is 14.7 Å². The van der Waals surface area contributed by atoms with Gasteiger partial charge in [-0.2, -0.15) is 0 Å². The second-order valence-electron chi connectivity index (χ2n) is 8.02. The second kappa shape index (κ2) is 10.0. The van der Waals surface area contributed by atoms with Gasteiger partial charge in [-0.25, -0.2) is 9.59 Å². The Morgan fingerprint density at radius 2 is 1.73 bits per heavy atom. The van der Waals surface area contributed by atoms with Gasteiger partial charge in [0.2, 0.25) is 0 Å². The molecule has 162 valence electrons. The van der Waals surface area contributed by atoms with Crippen LogP contribution in [0.4, 0.5) is 4.79 Å². The van der Waals surface area contributed by atoms with Crippen molar-refractivity contribution in [2.75, 3.05) is 6.61 Å². The van der Waals surface area contributed by atoms with Crippen molar-refractivity contribution >= 4 is 12.1 Å². The molecule has 0 aliphatic rings. The summed E-state index contributed by atoms with van der Waals surface area (Å²) in [7, 11) is 0. The number of aromatic carboxylic acids is 1. The summed E-state index contributed by atoms with van der Waals surface area (Å²) in [6.45, 7) is 9.15. The molecule has 0 aromatic heterocycles. The van der Waals surface area contributed by atoms with Crippen molar-refractivity contribution in [3.05, 3.63) is 59.2 Å². The van der Waals surface area contributed by atoms with E-state index < -0.39 is 23.7 Å². The van der Waals surface area contributed by atoms with Crippen LogP contribution in [0.25, 0.3) is 0 Å². The third-order valence-electron chi connectivity index (χ3n) is 4.01. The molecule has 1 amide bonds. The van der Waals surface area contributed by atoms with E-state index in [0.717, 1.165) is 5.56 Å². The van der Waals surface area contributed by atoms with Gasteiger partial charge in [0.15, 0.2) is 0 Å². The molecule has 2 aromatic carbocycles. The zero-order valence-corrected chi connectivity index (χ0v) is 18.0. The lowest BCUT2D eigenvalue weighted by Gasteiger charge is -2.22. The molecule has 2 N–H and O–H groups in total. The molecule has 7 nitrogen and oxygen atoms in total. The Morgan fingerprint density at radius 1 is 1.07 bits per heavy atom. The van der Waals surface area contributed by atoms with Gasteiger partial charge in [0.1, 0.15) is 35.9 Å². The zero-order chi connectivity index (χ0) is 22.3. The highest BCUT2D eigenvalue weighted by molar-refractivity contribution is 5.94. The Labute approximate surface area is 177 Å². The lowest BCUT2D eigenvalue weighted by Crippen LogP contribution is -2.40. The van der Waals surface area contributed by atoms with Crippen LogP contribution in [-0.2, 0) is 11.3 Å². The van der Waals surface area contributed by atoms with Gasteiger partial charge in [0.25, 0.3) is 0 Å². The van der Waals surface area contributed by atoms with Gasteiger partial charge in [-0.05, 0) is 51.8 Å². The van der Waals surface area contributed by atoms with Gasteiger partial charge in [-0.3, -0.25) is 0 Å². The van der Waals surface area contributed by atoms with E-state index in [0.29, 0.717) is 5.56 Å². The standard InChI is InChI=1S/C23H29NO6/c1-15-11-12-18(28-13-16(2)24-22(27)30-23(3,4)5)19(21(25)26)20(15)29-14-17-9-7-6-8-10-17/h6-12,16H,13-14H2,1-5H3,(H,24,27)(H,25,26). The summed E-state index contributed by atoms with van der Waals surface area (Å²) in [6.07, 6.45) is -0.562. The summed E-state index contributed by atoms with van der Waals surface area (Å²) in [6, 6.07) is 12.4. The topological polar surface area (TPSA) is 94.1 Å². The van der Waals surface area contributed by atoms with Crippen molar-refractivity contribution in [2.45, 2.75) is 52.9 Å². The smallest absolute Gasteiger partial charge is 0.407 e. The summed E-state index contributed by atoms with van der Waals surface area (Å²) < 4.78 is 16.8. The molecule has 7 heteroatoms. The van der Waals surface area contributed by atoms with Gasteiger partial charge >= 0.3 is 12.1 Å². The largest absolute Gasteiger partial charge is 0.490 e. The fourth-order valence-corrected chi connectivity index (χ4v) is 2.67. The molecular weight excluding hydrogens is 386 g/mol. The number of amides is 1. The Bertz CT molecular complexity index is 873. The number of aryl methyl sites for hydroxylation is 1. The Morgan fingerprint density at radius 3 is 2.33 bits per heavy atom. The van der Waals surface area contributed by atoms with Crippen LogP contribution < -0.4 is 14.8 Å². The summed E-state index contributed by atoms with van der Waals surface area (Å²) in [5.74, 6) is -0.713. The van der Waals surface area contributed by atoms with Gasteiger partial charge in [-0.1, -0.05) is 36.4 Å². The molecule has 2 rings (SSSR count). The Hall–Kier alpha value is -3.22. The molecule has 0 aliphatic carbocycles. The van der Waals surface area contributed by atoms with E-state index in [-0.39, 0.29) is 30.3 Å². The van der Waals surface area contributed by atoms with Crippen LogP contribution >= 0.6 is 0 Å². The Balaban J connectivity index is 2.10. The summed E-state index contributed by atoms with van der Waals surface area (Å²) in [5, 5.41) is 12.4. The fourth-order valence-electron chi connectivity index (χ4n) is 2.67. The molecule has 1 unspecified atom stereocenters. The highest BCUT2D eigenvalue weighted by atomic mass is 16.6. The first-order valence-corrected chi connectivity index (χ1v) is 9.72. The van der Waals surface area contributed by atoms with Crippen molar-refractivity contribution in [3.63, 3.8) is 0 Å². The number of carbonyl (C=O) groups excluding carboxylic acids is 1. The molecule has 0 radical (unpaired) electrons. The molecule has 1 atom stereocenters. The molecule has 30 heavy (non-hydrogen) atoms. The van der Waals surface area contributed by atoms with Crippen LogP contribution in [-0.4, -0.2) is 35.4 Å². The molecular formula is C23H29NO6. The monoisotopic (exact) mass is 415 g/mol. The number of benzene rings is 2. The molecule has 0 saturated carbocycles. The number of carboxylic acid groups (broad SMARTS) is 1. The number of hydrogen-bond donors (Lipinski definition) is 2. The van der Waals surface area contributed by atoms with E-state index in [1.165, 1.54) is 0 Å².